The van der Waals surface area contributed by atoms with Gasteiger partial charge < -0.3 is 10.0 Å². The number of aliphatic hydroxyl groups excluding tert-OH is 1. The van der Waals surface area contributed by atoms with Gasteiger partial charge in [0.05, 0.1) is 6.61 Å². The van der Waals surface area contributed by atoms with Crippen molar-refractivity contribution in [3.05, 3.63) is 41.5 Å². The van der Waals surface area contributed by atoms with Gasteiger partial charge in [-0.25, -0.2) is 0 Å². The summed E-state index contributed by atoms with van der Waals surface area (Å²) in [6.07, 6.45) is 2.63. The Morgan fingerprint density at radius 3 is 2.36 bits per heavy atom. The van der Waals surface area contributed by atoms with Crippen LogP contribution >= 0.6 is 0 Å². The maximum Gasteiger partial charge on any atom is 0.246 e. The molecule has 0 spiro atoms. The lowest BCUT2D eigenvalue weighted by Gasteiger charge is -2.33. The van der Waals surface area contributed by atoms with Crippen LogP contribution in [0.5, 0.6) is 0 Å². The minimum atomic E-state index is 0.0982. The molecule has 1 amide bonds. The summed E-state index contributed by atoms with van der Waals surface area (Å²) in [7, 11) is 0. The van der Waals surface area contributed by atoms with E-state index in [1.165, 1.54) is 5.56 Å². The fourth-order valence-electron chi connectivity index (χ4n) is 2.73. The smallest absolute Gasteiger partial charge is 0.246 e. The Morgan fingerprint density at radius 1 is 1.18 bits per heavy atom. The molecular weight excluding hydrogens is 276 g/mol. The van der Waals surface area contributed by atoms with Crippen molar-refractivity contribution in [3.63, 3.8) is 0 Å². The van der Waals surface area contributed by atoms with Crippen molar-refractivity contribution < 1.29 is 9.90 Å². The predicted octanol–water partition coefficient (Wildman–Crippen LogP) is 1.92. The lowest BCUT2D eigenvalue weighted by atomic mass is 10.0. The number of aryl methyl sites for hydroxylation is 1. The van der Waals surface area contributed by atoms with E-state index in [-0.39, 0.29) is 12.5 Å². The summed E-state index contributed by atoms with van der Waals surface area (Å²) in [5.41, 5.74) is 3.44. The highest BCUT2D eigenvalue weighted by molar-refractivity contribution is 5.95. The Morgan fingerprint density at radius 2 is 1.82 bits per heavy atom. The fraction of sp³-hybridized carbons (Fsp3) is 0.500. The van der Waals surface area contributed by atoms with Crippen molar-refractivity contribution in [2.75, 3.05) is 39.3 Å². The summed E-state index contributed by atoms with van der Waals surface area (Å²) >= 11 is 0. The molecule has 1 saturated heterocycles. The molecule has 2 rings (SSSR count). The number of hydrogen-bond acceptors (Lipinski definition) is 3. The number of piperazine rings is 1. The summed E-state index contributed by atoms with van der Waals surface area (Å²) < 4.78 is 0. The monoisotopic (exact) mass is 302 g/mol. The first-order chi connectivity index (χ1) is 10.6. The average Bonchev–Trinajstić information content (AvgIpc) is 2.54. The van der Waals surface area contributed by atoms with Gasteiger partial charge in [0.2, 0.25) is 5.91 Å². The number of carbonyl (C=O) groups excluding carboxylic acids is 1. The third-order valence-corrected chi connectivity index (χ3v) is 4.20. The summed E-state index contributed by atoms with van der Waals surface area (Å²) in [5, 5.41) is 8.96. The number of aliphatic hydroxyl groups is 1. The zero-order chi connectivity index (χ0) is 15.9. The number of carbonyl (C=O) groups is 1. The zero-order valence-corrected chi connectivity index (χ0v) is 13.6. The van der Waals surface area contributed by atoms with Crippen molar-refractivity contribution in [2.45, 2.75) is 20.3 Å². The molecular formula is C18H26N2O2. The lowest BCUT2D eigenvalue weighted by molar-refractivity contribution is -0.127. The van der Waals surface area contributed by atoms with Crippen LogP contribution in [0, 0.1) is 6.92 Å². The third kappa shape index (κ3) is 4.42. The molecule has 1 aliphatic heterocycles. The van der Waals surface area contributed by atoms with E-state index in [1.807, 2.05) is 4.90 Å². The van der Waals surface area contributed by atoms with Gasteiger partial charge in [-0.2, -0.15) is 0 Å². The van der Waals surface area contributed by atoms with Crippen LogP contribution in [-0.2, 0) is 4.79 Å². The third-order valence-electron chi connectivity index (χ3n) is 4.20. The first-order valence-electron chi connectivity index (χ1n) is 8.03. The number of hydrogen-bond donors (Lipinski definition) is 1. The predicted molar refractivity (Wildman–Crippen MR) is 89.6 cm³/mol. The second-order valence-electron chi connectivity index (χ2n) is 5.78. The standard InChI is InChI=1S/C18H26N2O2/c1-3-16(17-6-4-15(2)5-7-17)14-18(22)20-10-8-19(9-11-20)12-13-21/h4-7,14,21H,3,8-13H2,1-2H3. The highest BCUT2D eigenvalue weighted by Crippen LogP contribution is 2.19. The van der Waals surface area contributed by atoms with Crippen LogP contribution in [0.2, 0.25) is 0 Å². The summed E-state index contributed by atoms with van der Waals surface area (Å²) in [6, 6.07) is 8.32. The summed E-state index contributed by atoms with van der Waals surface area (Å²) in [4.78, 5) is 16.5. The lowest BCUT2D eigenvalue weighted by Crippen LogP contribution is -2.48. The number of allylic oxidation sites excluding steroid dienone is 1. The van der Waals surface area contributed by atoms with Crippen LogP contribution in [0.15, 0.2) is 30.3 Å². The molecule has 1 aromatic rings. The molecule has 22 heavy (non-hydrogen) atoms. The van der Waals surface area contributed by atoms with Crippen molar-refractivity contribution >= 4 is 11.5 Å². The topological polar surface area (TPSA) is 43.8 Å². The Hall–Kier alpha value is -1.65. The van der Waals surface area contributed by atoms with E-state index in [0.717, 1.165) is 43.7 Å². The number of amides is 1. The Labute approximate surface area is 133 Å². The van der Waals surface area contributed by atoms with Gasteiger partial charge in [-0.05, 0) is 24.5 Å². The Bertz CT molecular complexity index is 514. The largest absolute Gasteiger partial charge is 0.395 e. The summed E-state index contributed by atoms with van der Waals surface area (Å²) in [5.74, 6) is 0.0982. The van der Waals surface area contributed by atoms with E-state index in [9.17, 15) is 4.79 Å². The van der Waals surface area contributed by atoms with E-state index < -0.39 is 0 Å². The van der Waals surface area contributed by atoms with Crippen LogP contribution in [-0.4, -0.2) is 60.1 Å². The van der Waals surface area contributed by atoms with Crippen molar-refractivity contribution in [1.29, 1.82) is 0 Å². The van der Waals surface area contributed by atoms with Gasteiger partial charge in [0.1, 0.15) is 0 Å². The van der Waals surface area contributed by atoms with Crippen molar-refractivity contribution in [1.82, 2.24) is 9.80 Å². The highest BCUT2D eigenvalue weighted by Gasteiger charge is 2.19. The molecule has 120 valence electrons. The molecule has 4 nitrogen and oxygen atoms in total. The van der Waals surface area contributed by atoms with Gasteiger partial charge in [0.25, 0.3) is 0 Å². The molecule has 4 heteroatoms. The minimum Gasteiger partial charge on any atom is -0.395 e. The van der Waals surface area contributed by atoms with Crippen LogP contribution in [0.25, 0.3) is 5.57 Å². The minimum absolute atomic E-state index is 0.0982. The fourth-order valence-corrected chi connectivity index (χ4v) is 2.73. The second kappa shape index (κ2) is 8.11. The number of benzene rings is 1. The molecule has 0 radical (unpaired) electrons. The van der Waals surface area contributed by atoms with Gasteiger partial charge in [0, 0.05) is 38.8 Å². The van der Waals surface area contributed by atoms with Crippen LogP contribution in [0.4, 0.5) is 0 Å². The van der Waals surface area contributed by atoms with E-state index in [2.05, 4.69) is 43.0 Å². The van der Waals surface area contributed by atoms with Crippen LogP contribution in [0.1, 0.15) is 24.5 Å². The molecule has 0 saturated carbocycles. The van der Waals surface area contributed by atoms with E-state index in [1.54, 1.807) is 6.08 Å². The first kappa shape index (κ1) is 16.7. The maximum atomic E-state index is 12.5. The molecule has 1 aliphatic rings. The maximum absolute atomic E-state index is 12.5. The molecule has 1 fully saturated rings. The van der Waals surface area contributed by atoms with Gasteiger partial charge >= 0.3 is 0 Å². The number of β-amino-alcohol motifs (C(OH)–C–C–N with tert-alkyl or cyclic N) is 1. The normalized spacial score (nSPS) is 16.9. The highest BCUT2D eigenvalue weighted by atomic mass is 16.3. The molecule has 0 atom stereocenters. The van der Waals surface area contributed by atoms with Crippen molar-refractivity contribution in [3.8, 4) is 0 Å². The van der Waals surface area contributed by atoms with Gasteiger partial charge in [-0.3, -0.25) is 9.69 Å². The van der Waals surface area contributed by atoms with Crippen molar-refractivity contribution in [2.24, 2.45) is 0 Å². The van der Waals surface area contributed by atoms with Gasteiger partial charge in [0.15, 0.2) is 0 Å². The summed E-state index contributed by atoms with van der Waals surface area (Å²) in [6.45, 7) is 8.18. The number of rotatable bonds is 5. The Balaban J connectivity index is 2.01. The van der Waals surface area contributed by atoms with E-state index >= 15 is 0 Å². The molecule has 0 bridgehead atoms. The SMILES string of the molecule is CCC(=CC(=O)N1CCN(CCO)CC1)c1ccc(C)cc1. The van der Waals surface area contributed by atoms with E-state index in [4.69, 9.17) is 5.11 Å². The first-order valence-corrected chi connectivity index (χ1v) is 8.03. The second-order valence-corrected chi connectivity index (χ2v) is 5.78. The van der Waals surface area contributed by atoms with Gasteiger partial charge in [-0.15, -0.1) is 0 Å². The molecule has 0 aliphatic carbocycles. The molecule has 1 heterocycles. The van der Waals surface area contributed by atoms with Crippen LogP contribution < -0.4 is 0 Å². The van der Waals surface area contributed by atoms with Gasteiger partial charge in [-0.1, -0.05) is 36.8 Å². The van der Waals surface area contributed by atoms with E-state index in [0.29, 0.717) is 6.54 Å². The zero-order valence-electron chi connectivity index (χ0n) is 13.6. The molecule has 1 N–H and O–H groups in total. The van der Waals surface area contributed by atoms with Crippen LogP contribution in [0.3, 0.4) is 0 Å². The molecule has 1 aromatic carbocycles. The Kier molecular flexibility index (Phi) is 6.16. The average molecular weight is 302 g/mol. The number of nitrogens with zero attached hydrogens (tertiary/aromatic N) is 2. The quantitative estimate of drug-likeness (QED) is 0.845. The molecule has 0 aromatic heterocycles. The molecule has 0 unspecified atom stereocenters.